The van der Waals surface area contributed by atoms with Gasteiger partial charge in [0.05, 0.1) is 6.54 Å². The SMILES string of the molecule is Cc1oc(CNC(=O)N2CCCCCC2)cc1C(=O)O. The van der Waals surface area contributed by atoms with Crippen molar-refractivity contribution >= 4 is 12.0 Å². The lowest BCUT2D eigenvalue weighted by atomic mass is 10.2. The standard InChI is InChI=1S/C14H20N2O4/c1-10-12(13(17)18)8-11(20-10)9-15-14(19)16-6-4-2-3-5-7-16/h8H,2-7,9H2,1H3,(H,15,19)(H,17,18). The highest BCUT2D eigenvalue weighted by Gasteiger charge is 2.17. The van der Waals surface area contributed by atoms with Gasteiger partial charge < -0.3 is 19.7 Å². The van der Waals surface area contributed by atoms with Crippen molar-refractivity contribution in [2.24, 2.45) is 0 Å². The number of hydrogen-bond acceptors (Lipinski definition) is 3. The molecule has 2 heterocycles. The van der Waals surface area contributed by atoms with E-state index < -0.39 is 5.97 Å². The van der Waals surface area contributed by atoms with E-state index in [1.54, 1.807) is 11.8 Å². The number of aromatic carboxylic acids is 1. The molecule has 0 spiro atoms. The van der Waals surface area contributed by atoms with Gasteiger partial charge in [-0.2, -0.15) is 0 Å². The summed E-state index contributed by atoms with van der Waals surface area (Å²) in [4.78, 5) is 24.7. The van der Waals surface area contributed by atoms with Gasteiger partial charge in [0, 0.05) is 13.1 Å². The zero-order valence-corrected chi connectivity index (χ0v) is 11.6. The van der Waals surface area contributed by atoms with Gasteiger partial charge in [-0.05, 0) is 25.8 Å². The first-order chi connectivity index (χ1) is 9.58. The summed E-state index contributed by atoms with van der Waals surface area (Å²) in [5.74, 6) is -0.198. The Morgan fingerprint density at radius 3 is 2.50 bits per heavy atom. The van der Waals surface area contributed by atoms with Crippen LogP contribution in [0.5, 0.6) is 0 Å². The molecule has 0 radical (unpaired) electrons. The molecule has 2 amide bonds. The topological polar surface area (TPSA) is 82.8 Å². The van der Waals surface area contributed by atoms with E-state index in [0.717, 1.165) is 25.9 Å². The molecular weight excluding hydrogens is 260 g/mol. The molecule has 1 aromatic rings. The van der Waals surface area contributed by atoms with Gasteiger partial charge in [-0.3, -0.25) is 0 Å². The van der Waals surface area contributed by atoms with Gasteiger partial charge in [0.1, 0.15) is 17.1 Å². The number of likely N-dealkylation sites (tertiary alicyclic amines) is 1. The van der Waals surface area contributed by atoms with Gasteiger partial charge in [-0.1, -0.05) is 12.8 Å². The molecule has 0 saturated carbocycles. The Kier molecular flexibility index (Phi) is 4.65. The maximum atomic E-state index is 12.0. The fourth-order valence-corrected chi connectivity index (χ4v) is 2.39. The van der Waals surface area contributed by atoms with Crippen molar-refractivity contribution in [1.29, 1.82) is 0 Å². The monoisotopic (exact) mass is 280 g/mol. The van der Waals surface area contributed by atoms with Crippen LogP contribution in [0.2, 0.25) is 0 Å². The van der Waals surface area contributed by atoms with Gasteiger partial charge in [0.15, 0.2) is 0 Å². The minimum absolute atomic E-state index is 0.113. The number of hydrogen-bond donors (Lipinski definition) is 2. The van der Waals surface area contributed by atoms with Crippen molar-refractivity contribution in [3.63, 3.8) is 0 Å². The Morgan fingerprint density at radius 1 is 1.30 bits per heavy atom. The summed E-state index contributed by atoms with van der Waals surface area (Å²) in [6.07, 6.45) is 4.42. The zero-order chi connectivity index (χ0) is 14.5. The summed E-state index contributed by atoms with van der Waals surface area (Å²) >= 11 is 0. The van der Waals surface area contributed by atoms with E-state index in [0.29, 0.717) is 11.5 Å². The second-order valence-electron chi connectivity index (χ2n) is 5.05. The Labute approximate surface area is 117 Å². The lowest BCUT2D eigenvalue weighted by Crippen LogP contribution is -2.40. The molecule has 0 aliphatic carbocycles. The molecule has 2 rings (SSSR count). The van der Waals surface area contributed by atoms with Crippen molar-refractivity contribution in [1.82, 2.24) is 10.2 Å². The van der Waals surface area contributed by atoms with Crippen LogP contribution in [0.4, 0.5) is 4.79 Å². The smallest absolute Gasteiger partial charge is 0.339 e. The van der Waals surface area contributed by atoms with E-state index in [4.69, 9.17) is 9.52 Å². The molecule has 0 aromatic carbocycles. The number of carbonyl (C=O) groups is 2. The molecular formula is C14H20N2O4. The molecule has 6 nitrogen and oxygen atoms in total. The van der Waals surface area contributed by atoms with Gasteiger partial charge >= 0.3 is 12.0 Å². The fourth-order valence-electron chi connectivity index (χ4n) is 2.39. The highest BCUT2D eigenvalue weighted by atomic mass is 16.4. The normalized spacial score (nSPS) is 15.8. The molecule has 1 aliphatic heterocycles. The van der Waals surface area contributed by atoms with Crippen molar-refractivity contribution in [3.05, 3.63) is 23.2 Å². The van der Waals surface area contributed by atoms with E-state index in [2.05, 4.69) is 5.32 Å². The molecule has 20 heavy (non-hydrogen) atoms. The number of carboxylic acids is 1. The van der Waals surface area contributed by atoms with Crippen LogP contribution >= 0.6 is 0 Å². The molecule has 1 fully saturated rings. The van der Waals surface area contributed by atoms with Crippen LogP contribution in [0.1, 0.15) is 47.6 Å². The van der Waals surface area contributed by atoms with Crippen molar-refractivity contribution in [2.45, 2.75) is 39.2 Å². The van der Waals surface area contributed by atoms with Gasteiger partial charge in [-0.15, -0.1) is 0 Å². The predicted molar refractivity (Wildman–Crippen MR) is 72.7 cm³/mol. The van der Waals surface area contributed by atoms with Crippen LogP contribution in [0, 0.1) is 6.92 Å². The average molecular weight is 280 g/mol. The molecule has 2 N–H and O–H groups in total. The second-order valence-corrected chi connectivity index (χ2v) is 5.05. The predicted octanol–water partition coefficient (Wildman–Crippen LogP) is 2.37. The first kappa shape index (κ1) is 14.4. The number of amides is 2. The van der Waals surface area contributed by atoms with E-state index >= 15 is 0 Å². The minimum Gasteiger partial charge on any atom is -0.478 e. The van der Waals surface area contributed by atoms with Crippen LogP contribution in [0.25, 0.3) is 0 Å². The number of rotatable bonds is 3. The summed E-state index contributed by atoms with van der Waals surface area (Å²) in [5.41, 5.74) is 0.143. The zero-order valence-electron chi connectivity index (χ0n) is 11.6. The van der Waals surface area contributed by atoms with E-state index in [1.807, 2.05) is 0 Å². The van der Waals surface area contributed by atoms with Gasteiger partial charge in [0.2, 0.25) is 0 Å². The third kappa shape index (κ3) is 3.53. The lowest BCUT2D eigenvalue weighted by Gasteiger charge is -2.20. The maximum absolute atomic E-state index is 12.0. The summed E-state index contributed by atoms with van der Waals surface area (Å²) in [6, 6.07) is 1.35. The third-order valence-corrected chi connectivity index (χ3v) is 3.51. The molecule has 0 unspecified atom stereocenters. The number of nitrogens with zero attached hydrogens (tertiary/aromatic N) is 1. The highest BCUT2D eigenvalue weighted by Crippen LogP contribution is 2.15. The number of urea groups is 1. The Bertz CT molecular complexity index is 487. The van der Waals surface area contributed by atoms with Crippen molar-refractivity contribution in [3.8, 4) is 0 Å². The van der Waals surface area contributed by atoms with E-state index in [1.165, 1.54) is 18.9 Å². The molecule has 1 saturated heterocycles. The summed E-state index contributed by atoms with van der Waals surface area (Å²) in [5, 5.41) is 11.7. The largest absolute Gasteiger partial charge is 0.478 e. The van der Waals surface area contributed by atoms with E-state index in [-0.39, 0.29) is 18.1 Å². The van der Waals surface area contributed by atoms with Crippen LogP contribution in [0.15, 0.2) is 10.5 Å². The van der Waals surface area contributed by atoms with E-state index in [9.17, 15) is 9.59 Å². The minimum atomic E-state index is -1.02. The Balaban J connectivity index is 1.89. The third-order valence-electron chi connectivity index (χ3n) is 3.51. The summed E-state index contributed by atoms with van der Waals surface area (Å²) in [7, 11) is 0. The summed E-state index contributed by atoms with van der Waals surface area (Å²) in [6.45, 7) is 3.37. The quantitative estimate of drug-likeness (QED) is 0.890. The van der Waals surface area contributed by atoms with Crippen molar-refractivity contribution < 1.29 is 19.1 Å². The van der Waals surface area contributed by atoms with Crippen LogP contribution in [0.3, 0.4) is 0 Å². The Hall–Kier alpha value is -1.98. The highest BCUT2D eigenvalue weighted by molar-refractivity contribution is 5.88. The number of nitrogens with one attached hydrogen (secondary N) is 1. The number of carboxylic acid groups (broad SMARTS) is 1. The van der Waals surface area contributed by atoms with Gasteiger partial charge in [0.25, 0.3) is 0 Å². The average Bonchev–Trinajstić information content (AvgIpc) is 2.64. The fraction of sp³-hybridized carbons (Fsp3) is 0.571. The van der Waals surface area contributed by atoms with Crippen LogP contribution in [-0.2, 0) is 6.54 Å². The molecule has 1 aliphatic rings. The lowest BCUT2D eigenvalue weighted by molar-refractivity contribution is 0.0695. The molecule has 0 atom stereocenters. The van der Waals surface area contributed by atoms with Crippen LogP contribution in [-0.4, -0.2) is 35.1 Å². The second kappa shape index (κ2) is 6.45. The maximum Gasteiger partial charge on any atom is 0.339 e. The van der Waals surface area contributed by atoms with Crippen LogP contribution < -0.4 is 5.32 Å². The van der Waals surface area contributed by atoms with Crippen molar-refractivity contribution in [2.75, 3.05) is 13.1 Å². The summed E-state index contributed by atoms with van der Waals surface area (Å²) < 4.78 is 5.32. The molecule has 110 valence electrons. The molecule has 6 heteroatoms. The number of aryl methyl sites for hydroxylation is 1. The first-order valence-corrected chi connectivity index (χ1v) is 6.93. The molecule has 1 aromatic heterocycles. The number of furan rings is 1. The number of carbonyl (C=O) groups excluding carboxylic acids is 1. The first-order valence-electron chi connectivity index (χ1n) is 6.93. The van der Waals surface area contributed by atoms with Gasteiger partial charge in [-0.25, -0.2) is 9.59 Å². The molecule has 0 bridgehead atoms. The Morgan fingerprint density at radius 2 is 1.95 bits per heavy atom.